The highest BCUT2D eigenvalue weighted by molar-refractivity contribution is 7.90. The van der Waals surface area contributed by atoms with Crippen LogP contribution in [0.15, 0.2) is 29.3 Å². The first-order valence-electron chi connectivity index (χ1n) is 8.12. The number of guanidine groups is 1. The first-order valence-corrected chi connectivity index (χ1v) is 10.2. The summed E-state index contributed by atoms with van der Waals surface area (Å²) in [6, 6.07) is 8.12. The maximum absolute atomic E-state index is 11.2. The molecule has 136 valence electrons. The van der Waals surface area contributed by atoms with Crippen molar-refractivity contribution in [3.8, 4) is 5.75 Å². The summed E-state index contributed by atoms with van der Waals surface area (Å²) in [7, 11) is 0.444. The fourth-order valence-electron chi connectivity index (χ4n) is 2.18. The molecule has 1 atom stereocenters. The molecule has 0 radical (unpaired) electrons. The Morgan fingerprint density at radius 3 is 2.50 bits per heavy atom. The van der Waals surface area contributed by atoms with Gasteiger partial charge in [0.1, 0.15) is 15.6 Å². The predicted molar refractivity (Wildman–Crippen MR) is 99.6 cm³/mol. The average molecular weight is 356 g/mol. The number of aliphatic imine (C=N–C) groups is 1. The minimum atomic E-state index is -2.93. The molecule has 1 aromatic carbocycles. The minimum absolute atomic E-state index is 0.0486. The van der Waals surface area contributed by atoms with Crippen LogP contribution in [0.4, 0.5) is 0 Å². The monoisotopic (exact) mass is 355 g/mol. The summed E-state index contributed by atoms with van der Waals surface area (Å²) in [5.41, 5.74) is 1.27. The molecule has 0 saturated heterocycles. The Bertz CT molecular complexity index is 612. The Morgan fingerprint density at radius 2 is 1.96 bits per heavy atom. The molecule has 0 saturated carbocycles. The lowest BCUT2D eigenvalue weighted by atomic mass is 10.1. The lowest BCUT2D eigenvalue weighted by molar-refractivity contribution is 0.414. The van der Waals surface area contributed by atoms with Crippen LogP contribution >= 0.6 is 0 Å². The van der Waals surface area contributed by atoms with Crippen molar-refractivity contribution >= 4 is 15.8 Å². The highest BCUT2D eigenvalue weighted by Crippen LogP contribution is 2.12. The molecule has 1 unspecified atom stereocenters. The van der Waals surface area contributed by atoms with E-state index in [1.807, 2.05) is 19.1 Å². The summed E-state index contributed by atoms with van der Waals surface area (Å²) in [6.07, 6.45) is 3.76. The number of aryl methyl sites for hydroxylation is 1. The lowest BCUT2D eigenvalue weighted by Gasteiger charge is -2.17. The van der Waals surface area contributed by atoms with Crippen molar-refractivity contribution in [3.63, 3.8) is 0 Å². The van der Waals surface area contributed by atoms with Gasteiger partial charge in [-0.05, 0) is 43.9 Å². The molecule has 0 aromatic heterocycles. The van der Waals surface area contributed by atoms with Crippen LogP contribution in [-0.2, 0) is 16.3 Å². The van der Waals surface area contributed by atoms with Gasteiger partial charge in [0, 0.05) is 25.9 Å². The third kappa shape index (κ3) is 8.76. The van der Waals surface area contributed by atoms with E-state index < -0.39 is 9.84 Å². The van der Waals surface area contributed by atoms with Gasteiger partial charge in [0.25, 0.3) is 0 Å². The van der Waals surface area contributed by atoms with Gasteiger partial charge >= 0.3 is 0 Å². The van der Waals surface area contributed by atoms with Crippen molar-refractivity contribution in [1.82, 2.24) is 10.6 Å². The molecular weight excluding hydrogens is 326 g/mol. The largest absolute Gasteiger partial charge is 0.497 e. The zero-order valence-corrected chi connectivity index (χ0v) is 15.8. The molecule has 0 heterocycles. The van der Waals surface area contributed by atoms with E-state index in [1.165, 1.54) is 11.8 Å². The maximum Gasteiger partial charge on any atom is 0.191 e. The van der Waals surface area contributed by atoms with Crippen LogP contribution in [0.5, 0.6) is 5.75 Å². The molecular formula is C17H29N3O3S. The SMILES string of the molecule is CN=C(NCCCc1ccc(OC)cc1)NC(C)CCS(C)(=O)=O. The number of nitrogens with zero attached hydrogens (tertiary/aromatic N) is 1. The molecule has 0 fully saturated rings. The van der Waals surface area contributed by atoms with Gasteiger partial charge in [-0.1, -0.05) is 12.1 Å². The number of hydrogen-bond acceptors (Lipinski definition) is 4. The van der Waals surface area contributed by atoms with E-state index in [2.05, 4.69) is 27.8 Å². The molecule has 0 aliphatic carbocycles. The van der Waals surface area contributed by atoms with E-state index in [0.717, 1.165) is 25.1 Å². The molecule has 0 bridgehead atoms. The quantitative estimate of drug-likeness (QED) is 0.400. The number of hydrogen-bond donors (Lipinski definition) is 2. The molecule has 1 aromatic rings. The van der Waals surface area contributed by atoms with Crippen LogP contribution in [0.3, 0.4) is 0 Å². The van der Waals surface area contributed by atoms with Gasteiger partial charge in [0.2, 0.25) is 0 Å². The van der Waals surface area contributed by atoms with E-state index in [9.17, 15) is 8.42 Å². The van der Waals surface area contributed by atoms with E-state index in [1.54, 1.807) is 14.2 Å². The summed E-state index contributed by atoms with van der Waals surface area (Å²) in [5, 5.41) is 6.47. The number of sulfone groups is 1. The average Bonchev–Trinajstić information content (AvgIpc) is 2.55. The topological polar surface area (TPSA) is 79.8 Å². The molecule has 0 spiro atoms. The second kappa shape index (κ2) is 10.2. The van der Waals surface area contributed by atoms with Gasteiger partial charge < -0.3 is 15.4 Å². The van der Waals surface area contributed by atoms with Crippen LogP contribution in [0.2, 0.25) is 0 Å². The zero-order valence-electron chi connectivity index (χ0n) is 15.0. The Hall–Kier alpha value is -1.76. The van der Waals surface area contributed by atoms with Crippen molar-refractivity contribution in [2.24, 2.45) is 4.99 Å². The molecule has 6 nitrogen and oxygen atoms in total. The smallest absolute Gasteiger partial charge is 0.191 e. The molecule has 7 heteroatoms. The number of methoxy groups -OCH3 is 1. The summed E-state index contributed by atoms with van der Waals surface area (Å²) in [6.45, 7) is 2.75. The number of nitrogens with one attached hydrogen (secondary N) is 2. The van der Waals surface area contributed by atoms with Crippen molar-refractivity contribution < 1.29 is 13.2 Å². The fourth-order valence-corrected chi connectivity index (χ4v) is 2.96. The van der Waals surface area contributed by atoms with Gasteiger partial charge in [-0.2, -0.15) is 0 Å². The van der Waals surface area contributed by atoms with E-state index in [4.69, 9.17) is 4.74 Å². The van der Waals surface area contributed by atoms with Gasteiger partial charge in [-0.3, -0.25) is 4.99 Å². The summed E-state index contributed by atoms with van der Waals surface area (Å²) in [5.74, 6) is 1.74. The Morgan fingerprint density at radius 1 is 1.29 bits per heavy atom. The molecule has 1 rings (SSSR count). The minimum Gasteiger partial charge on any atom is -0.497 e. The molecule has 24 heavy (non-hydrogen) atoms. The highest BCUT2D eigenvalue weighted by Gasteiger charge is 2.09. The zero-order chi connectivity index (χ0) is 18.0. The molecule has 0 aliphatic rings. The van der Waals surface area contributed by atoms with Crippen molar-refractivity contribution in [1.29, 1.82) is 0 Å². The van der Waals surface area contributed by atoms with Crippen molar-refractivity contribution in [2.75, 3.05) is 32.7 Å². The van der Waals surface area contributed by atoms with Crippen LogP contribution in [-0.4, -0.2) is 53.1 Å². The first-order chi connectivity index (χ1) is 11.3. The number of rotatable bonds is 9. The van der Waals surface area contributed by atoms with Gasteiger partial charge in [-0.15, -0.1) is 0 Å². The Kier molecular flexibility index (Phi) is 8.60. The van der Waals surface area contributed by atoms with Crippen LogP contribution in [0, 0.1) is 0 Å². The van der Waals surface area contributed by atoms with Gasteiger partial charge in [0.15, 0.2) is 5.96 Å². The third-order valence-corrected chi connectivity index (χ3v) is 4.60. The Labute approximate surface area is 145 Å². The fraction of sp³-hybridized carbons (Fsp3) is 0.588. The predicted octanol–water partition coefficient (Wildman–Crippen LogP) is 1.62. The van der Waals surface area contributed by atoms with E-state index in [0.29, 0.717) is 12.4 Å². The van der Waals surface area contributed by atoms with Crippen LogP contribution in [0.25, 0.3) is 0 Å². The van der Waals surface area contributed by atoms with E-state index in [-0.39, 0.29) is 11.8 Å². The van der Waals surface area contributed by atoms with Gasteiger partial charge in [-0.25, -0.2) is 8.42 Å². The third-order valence-electron chi connectivity index (χ3n) is 3.62. The molecule has 0 aliphatic heterocycles. The maximum atomic E-state index is 11.2. The second-order valence-corrected chi connectivity index (χ2v) is 8.17. The van der Waals surface area contributed by atoms with Crippen molar-refractivity contribution in [3.05, 3.63) is 29.8 Å². The normalized spacial score (nSPS) is 13.4. The number of ether oxygens (including phenoxy) is 1. The van der Waals surface area contributed by atoms with Crippen LogP contribution in [0.1, 0.15) is 25.3 Å². The summed E-state index contributed by atoms with van der Waals surface area (Å²) >= 11 is 0. The first kappa shape index (κ1) is 20.3. The Balaban J connectivity index is 2.28. The molecule has 0 amide bonds. The summed E-state index contributed by atoms with van der Waals surface area (Å²) in [4.78, 5) is 4.17. The van der Waals surface area contributed by atoms with Crippen molar-refractivity contribution in [2.45, 2.75) is 32.2 Å². The number of benzene rings is 1. The van der Waals surface area contributed by atoms with E-state index >= 15 is 0 Å². The summed E-state index contributed by atoms with van der Waals surface area (Å²) < 4.78 is 27.5. The highest BCUT2D eigenvalue weighted by atomic mass is 32.2. The van der Waals surface area contributed by atoms with Gasteiger partial charge in [0.05, 0.1) is 12.9 Å². The van der Waals surface area contributed by atoms with Crippen LogP contribution < -0.4 is 15.4 Å². The molecule has 2 N–H and O–H groups in total. The second-order valence-electron chi connectivity index (χ2n) is 5.91. The standard InChI is InChI=1S/C17H29N3O3S/c1-14(11-13-24(4,21)22)20-17(18-2)19-12-5-6-15-7-9-16(23-3)10-8-15/h7-10,14H,5-6,11-13H2,1-4H3,(H2,18,19,20). The lowest BCUT2D eigenvalue weighted by Crippen LogP contribution is -2.43.